The SMILES string of the molecule is CCC(CC)(CCNC)OC. The lowest BCUT2D eigenvalue weighted by Crippen LogP contribution is -2.33. The second-order valence-electron chi connectivity index (χ2n) is 2.95. The van der Waals surface area contributed by atoms with Gasteiger partial charge in [-0.2, -0.15) is 0 Å². The lowest BCUT2D eigenvalue weighted by atomic mass is 9.93. The molecule has 0 aliphatic heterocycles. The van der Waals surface area contributed by atoms with Crippen molar-refractivity contribution in [1.29, 1.82) is 0 Å². The van der Waals surface area contributed by atoms with Crippen molar-refractivity contribution in [3.05, 3.63) is 0 Å². The highest BCUT2D eigenvalue weighted by Gasteiger charge is 2.23. The second kappa shape index (κ2) is 5.56. The third kappa shape index (κ3) is 3.21. The van der Waals surface area contributed by atoms with Gasteiger partial charge in [-0.3, -0.25) is 0 Å². The van der Waals surface area contributed by atoms with Crippen LogP contribution in [0.5, 0.6) is 0 Å². The van der Waals surface area contributed by atoms with Crippen molar-refractivity contribution in [2.75, 3.05) is 20.7 Å². The molecule has 0 saturated heterocycles. The van der Waals surface area contributed by atoms with Gasteiger partial charge in [-0.25, -0.2) is 0 Å². The zero-order chi connectivity index (χ0) is 8.74. The quantitative estimate of drug-likeness (QED) is 0.638. The van der Waals surface area contributed by atoms with Crippen LogP contribution in [0.1, 0.15) is 33.1 Å². The lowest BCUT2D eigenvalue weighted by molar-refractivity contribution is -0.0228. The van der Waals surface area contributed by atoms with E-state index in [1.807, 2.05) is 14.2 Å². The largest absolute Gasteiger partial charge is 0.378 e. The third-order valence-electron chi connectivity index (χ3n) is 2.55. The summed E-state index contributed by atoms with van der Waals surface area (Å²) in [5.74, 6) is 0. The monoisotopic (exact) mass is 159 g/mol. The summed E-state index contributed by atoms with van der Waals surface area (Å²) in [7, 11) is 3.79. The summed E-state index contributed by atoms with van der Waals surface area (Å²) in [6.45, 7) is 5.40. The van der Waals surface area contributed by atoms with Crippen molar-refractivity contribution in [1.82, 2.24) is 5.32 Å². The standard InChI is InChI=1S/C9H21NO/c1-5-9(6-2,11-4)7-8-10-3/h10H,5-8H2,1-4H3. The highest BCUT2D eigenvalue weighted by Crippen LogP contribution is 2.22. The van der Waals surface area contributed by atoms with E-state index in [-0.39, 0.29) is 5.60 Å². The van der Waals surface area contributed by atoms with Crippen LogP contribution in [0, 0.1) is 0 Å². The minimum atomic E-state index is 0.114. The smallest absolute Gasteiger partial charge is 0.0685 e. The summed E-state index contributed by atoms with van der Waals surface area (Å²) in [5.41, 5.74) is 0.114. The van der Waals surface area contributed by atoms with Crippen molar-refractivity contribution in [3.63, 3.8) is 0 Å². The van der Waals surface area contributed by atoms with Gasteiger partial charge >= 0.3 is 0 Å². The van der Waals surface area contributed by atoms with Crippen LogP contribution in [0.3, 0.4) is 0 Å². The maximum Gasteiger partial charge on any atom is 0.0685 e. The van der Waals surface area contributed by atoms with Gasteiger partial charge < -0.3 is 10.1 Å². The molecule has 0 aromatic carbocycles. The fourth-order valence-electron chi connectivity index (χ4n) is 1.35. The number of nitrogens with one attached hydrogen (secondary N) is 1. The second-order valence-corrected chi connectivity index (χ2v) is 2.95. The molecule has 0 saturated carbocycles. The van der Waals surface area contributed by atoms with E-state index in [1.54, 1.807) is 0 Å². The van der Waals surface area contributed by atoms with Gasteiger partial charge in [0.25, 0.3) is 0 Å². The molecule has 1 N–H and O–H groups in total. The molecule has 0 atom stereocenters. The first kappa shape index (κ1) is 10.9. The van der Waals surface area contributed by atoms with E-state index in [9.17, 15) is 0 Å². The summed E-state index contributed by atoms with van der Waals surface area (Å²) in [5, 5.41) is 3.15. The van der Waals surface area contributed by atoms with Crippen molar-refractivity contribution in [3.8, 4) is 0 Å². The minimum absolute atomic E-state index is 0.114. The van der Waals surface area contributed by atoms with E-state index < -0.39 is 0 Å². The first-order valence-corrected chi connectivity index (χ1v) is 4.44. The summed E-state index contributed by atoms with van der Waals surface area (Å²) in [4.78, 5) is 0. The van der Waals surface area contributed by atoms with Crippen LogP contribution in [-0.4, -0.2) is 26.3 Å². The summed E-state index contributed by atoms with van der Waals surface area (Å²) >= 11 is 0. The topological polar surface area (TPSA) is 21.3 Å². The zero-order valence-corrected chi connectivity index (χ0v) is 8.24. The number of hydrogen-bond donors (Lipinski definition) is 1. The van der Waals surface area contributed by atoms with E-state index in [0.29, 0.717) is 0 Å². The molecule has 0 fully saturated rings. The molecular weight excluding hydrogens is 138 g/mol. The fourth-order valence-corrected chi connectivity index (χ4v) is 1.35. The summed E-state index contributed by atoms with van der Waals surface area (Å²) in [6.07, 6.45) is 3.30. The van der Waals surface area contributed by atoms with Gasteiger partial charge in [-0.15, -0.1) is 0 Å². The average molecular weight is 159 g/mol. The molecular formula is C9H21NO. The van der Waals surface area contributed by atoms with Crippen LogP contribution >= 0.6 is 0 Å². The molecule has 2 heteroatoms. The highest BCUT2D eigenvalue weighted by molar-refractivity contribution is 4.77. The molecule has 0 aliphatic rings. The Kier molecular flexibility index (Phi) is 5.51. The van der Waals surface area contributed by atoms with Gasteiger partial charge in [0.2, 0.25) is 0 Å². The zero-order valence-electron chi connectivity index (χ0n) is 8.24. The van der Waals surface area contributed by atoms with E-state index in [0.717, 1.165) is 25.8 Å². The van der Waals surface area contributed by atoms with Gasteiger partial charge in [-0.05, 0) is 32.9 Å². The average Bonchev–Trinajstić information content (AvgIpc) is 2.08. The maximum atomic E-state index is 5.50. The Balaban J connectivity index is 3.84. The Morgan fingerprint density at radius 3 is 2.09 bits per heavy atom. The molecule has 0 aromatic heterocycles. The van der Waals surface area contributed by atoms with Gasteiger partial charge in [0, 0.05) is 7.11 Å². The Morgan fingerprint density at radius 1 is 1.27 bits per heavy atom. The maximum absolute atomic E-state index is 5.50. The molecule has 0 heterocycles. The number of rotatable bonds is 6. The van der Waals surface area contributed by atoms with Crippen LogP contribution in [0.15, 0.2) is 0 Å². The lowest BCUT2D eigenvalue weighted by Gasteiger charge is -2.30. The normalized spacial score (nSPS) is 12.0. The molecule has 0 unspecified atom stereocenters. The van der Waals surface area contributed by atoms with Crippen LogP contribution < -0.4 is 5.32 Å². The number of methoxy groups -OCH3 is 1. The predicted molar refractivity (Wildman–Crippen MR) is 48.9 cm³/mol. The Hall–Kier alpha value is -0.0800. The van der Waals surface area contributed by atoms with Crippen LogP contribution in [0.2, 0.25) is 0 Å². The minimum Gasteiger partial charge on any atom is -0.378 e. The molecule has 0 bridgehead atoms. The first-order valence-electron chi connectivity index (χ1n) is 4.44. The Bertz CT molecular complexity index is 81.3. The predicted octanol–water partition coefficient (Wildman–Crippen LogP) is 1.80. The van der Waals surface area contributed by atoms with Gasteiger partial charge in [-0.1, -0.05) is 13.8 Å². The Labute approximate surface area is 70.3 Å². The molecule has 0 spiro atoms. The van der Waals surface area contributed by atoms with E-state index in [4.69, 9.17) is 4.74 Å². The summed E-state index contributed by atoms with van der Waals surface area (Å²) < 4.78 is 5.50. The van der Waals surface area contributed by atoms with Crippen molar-refractivity contribution in [2.45, 2.75) is 38.7 Å². The Morgan fingerprint density at radius 2 is 1.82 bits per heavy atom. The van der Waals surface area contributed by atoms with E-state index in [1.165, 1.54) is 0 Å². The fraction of sp³-hybridized carbons (Fsp3) is 1.00. The van der Waals surface area contributed by atoms with E-state index in [2.05, 4.69) is 19.2 Å². The molecule has 68 valence electrons. The number of ether oxygens (including phenoxy) is 1. The molecule has 0 amide bonds. The molecule has 2 nitrogen and oxygen atoms in total. The molecule has 0 rings (SSSR count). The summed E-state index contributed by atoms with van der Waals surface area (Å²) in [6, 6.07) is 0. The van der Waals surface area contributed by atoms with Gasteiger partial charge in [0.05, 0.1) is 5.60 Å². The third-order valence-corrected chi connectivity index (χ3v) is 2.55. The molecule has 11 heavy (non-hydrogen) atoms. The van der Waals surface area contributed by atoms with Crippen LogP contribution in [0.4, 0.5) is 0 Å². The van der Waals surface area contributed by atoms with Crippen LogP contribution in [-0.2, 0) is 4.74 Å². The molecule has 0 radical (unpaired) electrons. The number of hydrogen-bond acceptors (Lipinski definition) is 2. The van der Waals surface area contributed by atoms with Crippen molar-refractivity contribution in [2.24, 2.45) is 0 Å². The first-order chi connectivity index (χ1) is 5.24. The van der Waals surface area contributed by atoms with E-state index >= 15 is 0 Å². The van der Waals surface area contributed by atoms with Crippen LogP contribution in [0.25, 0.3) is 0 Å². The highest BCUT2D eigenvalue weighted by atomic mass is 16.5. The van der Waals surface area contributed by atoms with Gasteiger partial charge in [0.1, 0.15) is 0 Å². The molecule has 0 aromatic rings. The van der Waals surface area contributed by atoms with Crippen molar-refractivity contribution < 1.29 is 4.74 Å². The molecule has 0 aliphatic carbocycles. The van der Waals surface area contributed by atoms with Crippen molar-refractivity contribution >= 4 is 0 Å². The van der Waals surface area contributed by atoms with Gasteiger partial charge in [0.15, 0.2) is 0 Å².